The van der Waals surface area contributed by atoms with Crippen molar-refractivity contribution in [2.24, 2.45) is 0 Å². The zero-order valence-corrected chi connectivity index (χ0v) is 22.6. The highest BCUT2D eigenvalue weighted by molar-refractivity contribution is 7.90. The van der Waals surface area contributed by atoms with Crippen LogP contribution in [0.15, 0.2) is 47.4 Å². The first-order chi connectivity index (χ1) is 18.3. The summed E-state index contributed by atoms with van der Waals surface area (Å²) >= 11 is 0. The van der Waals surface area contributed by atoms with E-state index in [9.17, 15) is 21.6 Å². The lowest BCUT2D eigenvalue weighted by molar-refractivity contribution is -0.140. The van der Waals surface area contributed by atoms with Crippen LogP contribution in [0.5, 0.6) is 5.75 Å². The van der Waals surface area contributed by atoms with Gasteiger partial charge in [-0.05, 0) is 49.7 Å². The van der Waals surface area contributed by atoms with Gasteiger partial charge in [0, 0.05) is 36.5 Å². The molecular weight excluding hydrogens is 536 g/mol. The van der Waals surface area contributed by atoms with Gasteiger partial charge in [-0.2, -0.15) is 13.2 Å². The van der Waals surface area contributed by atoms with Gasteiger partial charge in [-0.25, -0.2) is 12.8 Å². The Labute approximate surface area is 225 Å². The second-order valence-corrected chi connectivity index (χ2v) is 11.7. The number of hydrogen-bond acceptors (Lipinski definition) is 6. The second kappa shape index (κ2) is 11.0. The van der Waals surface area contributed by atoms with Crippen molar-refractivity contribution in [2.45, 2.75) is 36.3 Å². The Morgan fingerprint density at radius 3 is 2.59 bits per heavy atom. The predicted octanol–water partition coefficient (Wildman–Crippen LogP) is 4.10. The maximum absolute atomic E-state index is 15.3. The summed E-state index contributed by atoms with van der Waals surface area (Å²) in [6.07, 6.45) is -4.20. The van der Waals surface area contributed by atoms with Crippen molar-refractivity contribution in [3.8, 4) is 17.6 Å². The number of nitrogens with two attached hydrogens (primary N) is 1. The number of halogens is 4. The number of alkyl halides is 4. The van der Waals surface area contributed by atoms with Crippen molar-refractivity contribution < 1.29 is 30.7 Å². The van der Waals surface area contributed by atoms with Crippen molar-refractivity contribution in [1.29, 1.82) is 0 Å². The molecule has 210 valence electrons. The number of likely N-dealkylation sites (tertiary alicyclic amines) is 1. The van der Waals surface area contributed by atoms with Gasteiger partial charge in [0.05, 0.1) is 41.5 Å². The molecule has 0 amide bonds. The molecule has 0 radical (unpaired) electrons. The van der Waals surface area contributed by atoms with E-state index >= 15 is 4.39 Å². The van der Waals surface area contributed by atoms with E-state index in [2.05, 4.69) is 11.8 Å². The molecule has 2 N–H and O–H groups in total. The minimum Gasteiger partial charge on any atom is -0.495 e. The van der Waals surface area contributed by atoms with Crippen LogP contribution in [0.2, 0.25) is 0 Å². The quantitative estimate of drug-likeness (QED) is 0.275. The molecule has 3 aromatic rings. The topological polar surface area (TPSA) is 80.8 Å². The summed E-state index contributed by atoms with van der Waals surface area (Å²) in [5, 5.41) is 0.458. The van der Waals surface area contributed by atoms with Gasteiger partial charge in [0.2, 0.25) is 0 Å². The van der Waals surface area contributed by atoms with Crippen LogP contribution in [-0.2, 0) is 16.4 Å². The van der Waals surface area contributed by atoms with E-state index in [4.69, 9.17) is 10.5 Å². The van der Waals surface area contributed by atoms with Crippen LogP contribution in [0, 0.1) is 11.8 Å². The zero-order chi connectivity index (χ0) is 28.5. The molecule has 1 saturated heterocycles. The Hall–Kier alpha value is -3.43. The number of piperidine rings is 1. The summed E-state index contributed by atoms with van der Waals surface area (Å²) < 4.78 is 86.2. The highest BCUT2D eigenvalue weighted by Crippen LogP contribution is 2.35. The smallest absolute Gasteiger partial charge is 0.406 e. The first-order valence-electron chi connectivity index (χ1n) is 12.2. The van der Waals surface area contributed by atoms with E-state index in [-0.39, 0.29) is 29.4 Å². The maximum atomic E-state index is 15.3. The summed E-state index contributed by atoms with van der Waals surface area (Å²) in [6.45, 7) is -0.461. The molecule has 2 aromatic carbocycles. The number of aromatic nitrogens is 1. The van der Waals surface area contributed by atoms with E-state index in [0.29, 0.717) is 35.2 Å². The van der Waals surface area contributed by atoms with Crippen LogP contribution >= 0.6 is 0 Å². The zero-order valence-electron chi connectivity index (χ0n) is 21.8. The van der Waals surface area contributed by atoms with Gasteiger partial charge in [-0.1, -0.05) is 12.0 Å². The number of rotatable bonds is 6. The largest absolute Gasteiger partial charge is 0.495 e. The molecular formula is C27H30F4N4O3S. The summed E-state index contributed by atoms with van der Waals surface area (Å²) in [4.78, 5) is 3.61. The summed E-state index contributed by atoms with van der Waals surface area (Å²) in [6, 6.07) is 9.98. The SMILES string of the molecule is COc1cc(S(C)(=O)=O)ccc1N(CC#Cc1cc2c(N)cccc2n1CC(F)(F)F)[C@H]1CCN(C)C[C@H]1F. The molecule has 2 heterocycles. The number of fused-ring (bicyclic) bond motifs is 1. The average molecular weight is 567 g/mol. The third kappa shape index (κ3) is 6.42. The molecule has 2 atom stereocenters. The molecule has 1 aliphatic heterocycles. The van der Waals surface area contributed by atoms with E-state index in [1.54, 1.807) is 29.2 Å². The number of methoxy groups -OCH3 is 1. The molecule has 7 nitrogen and oxygen atoms in total. The number of nitrogen functional groups attached to an aromatic ring is 1. The molecule has 0 aliphatic carbocycles. The Kier molecular flexibility index (Phi) is 8.04. The molecule has 1 fully saturated rings. The van der Waals surface area contributed by atoms with Crippen LogP contribution in [-0.4, -0.2) is 76.3 Å². The standard InChI is InChI=1S/C27H30F4N4O3S/c1-33-13-11-24(21(28)16-33)34(25-10-9-19(39(3,36)37)15-26(25)38-2)12-5-6-18-14-20-22(32)7-4-8-23(20)35(18)17-27(29,30)31/h4,7-10,14-15,21,24H,11-13,16-17,32H2,1-3H3/t21-,24+/m1/s1. The Morgan fingerprint density at radius 1 is 1.21 bits per heavy atom. The summed E-state index contributed by atoms with van der Waals surface area (Å²) in [7, 11) is -0.318. The molecule has 12 heteroatoms. The number of sulfone groups is 1. The fourth-order valence-electron chi connectivity index (χ4n) is 4.88. The number of benzene rings is 2. The normalized spacial score (nSPS) is 18.5. The van der Waals surface area contributed by atoms with E-state index in [0.717, 1.165) is 10.8 Å². The molecule has 0 unspecified atom stereocenters. The van der Waals surface area contributed by atoms with Crippen molar-refractivity contribution >= 4 is 32.1 Å². The molecule has 1 aromatic heterocycles. The van der Waals surface area contributed by atoms with Crippen LogP contribution in [0.3, 0.4) is 0 Å². The van der Waals surface area contributed by atoms with Gasteiger partial charge in [-0.15, -0.1) is 0 Å². The van der Waals surface area contributed by atoms with Gasteiger partial charge in [0.15, 0.2) is 9.84 Å². The lowest BCUT2D eigenvalue weighted by Crippen LogP contribution is -2.52. The molecule has 39 heavy (non-hydrogen) atoms. The van der Waals surface area contributed by atoms with Crippen molar-refractivity contribution in [3.63, 3.8) is 0 Å². The highest BCUT2D eigenvalue weighted by atomic mass is 32.2. The first kappa shape index (κ1) is 28.6. The minimum absolute atomic E-state index is 0.0353. The lowest BCUT2D eigenvalue weighted by Gasteiger charge is -2.40. The third-order valence-electron chi connectivity index (χ3n) is 6.78. The fourth-order valence-corrected chi connectivity index (χ4v) is 5.51. The minimum atomic E-state index is -4.48. The number of hydrogen-bond donors (Lipinski definition) is 1. The van der Waals surface area contributed by atoms with Crippen molar-refractivity contribution in [1.82, 2.24) is 9.47 Å². The Bertz CT molecular complexity index is 1530. The fraction of sp³-hybridized carbons (Fsp3) is 0.407. The van der Waals surface area contributed by atoms with Crippen molar-refractivity contribution in [2.75, 3.05) is 50.7 Å². The predicted molar refractivity (Wildman–Crippen MR) is 144 cm³/mol. The molecule has 0 saturated carbocycles. The lowest BCUT2D eigenvalue weighted by atomic mass is 10.0. The van der Waals surface area contributed by atoms with Crippen molar-refractivity contribution in [3.05, 3.63) is 48.2 Å². The highest BCUT2D eigenvalue weighted by Gasteiger charge is 2.34. The molecule has 0 bridgehead atoms. The molecule has 1 aliphatic rings. The van der Waals surface area contributed by atoms with Gasteiger partial charge < -0.3 is 24.8 Å². The van der Waals surface area contributed by atoms with Gasteiger partial charge >= 0.3 is 6.18 Å². The molecule has 4 rings (SSSR count). The van der Waals surface area contributed by atoms with E-state index < -0.39 is 34.8 Å². The number of nitrogens with zero attached hydrogens (tertiary/aromatic N) is 3. The number of anilines is 2. The monoisotopic (exact) mass is 566 g/mol. The summed E-state index contributed by atoms with van der Waals surface area (Å²) in [5.74, 6) is 5.99. The average Bonchev–Trinajstić information content (AvgIpc) is 3.18. The third-order valence-corrected chi connectivity index (χ3v) is 7.89. The van der Waals surface area contributed by atoms with Crippen LogP contribution in [0.1, 0.15) is 12.1 Å². The van der Waals surface area contributed by atoms with E-state index in [1.165, 1.54) is 25.3 Å². The van der Waals surface area contributed by atoms with Gasteiger partial charge in [0.25, 0.3) is 0 Å². The first-order valence-corrected chi connectivity index (χ1v) is 14.1. The van der Waals surface area contributed by atoms with Crippen LogP contribution in [0.25, 0.3) is 10.9 Å². The maximum Gasteiger partial charge on any atom is 0.406 e. The van der Waals surface area contributed by atoms with Gasteiger partial charge in [0.1, 0.15) is 18.5 Å². The molecule has 0 spiro atoms. The van der Waals surface area contributed by atoms with Crippen LogP contribution in [0.4, 0.5) is 28.9 Å². The summed E-state index contributed by atoms with van der Waals surface area (Å²) in [5.41, 5.74) is 7.21. The van der Waals surface area contributed by atoms with Crippen LogP contribution < -0.4 is 15.4 Å². The Balaban J connectivity index is 1.77. The van der Waals surface area contributed by atoms with E-state index in [1.807, 2.05) is 11.9 Å². The number of ether oxygens (including phenoxy) is 1. The Morgan fingerprint density at radius 2 is 1.95 bits per heavy atom. The second-order valence-electron chi connectivity index (χ2n) is 9.68. The van der Waals surface area contributed by atoms with Gasteiger partial charge in [-0.3, -0.25) is 0 Å².